The fourth-order valence-corrected chi connectivity index (χ4v) is 5.48. The van der Waals surface area contributed by atoms with E-state index in [1.165, 1.54) is 11.3 Å². The van der Waals surface area contributed by atoms with Gasteiger partial charge in [0.1, 0.15) is 6.04 Å². The van der Waals surface area contributed by atoms with E-state index >= 15 is 0 Å². The monoisotopic (exact) mass is 603 g/mol. The first-order valence-electron chi connectivity index (χ1n) is 13.3. The van der Waals surface area contributed by atoms with Crippen LogP contribution >= 0.6 is 23.1 Å². The molecule has 2 aromatic carbocycles. The summed E-state index contributed by atoms with van der Waals surface area (Å²) in [5, 5.41) is 19.5. The second kappa shape index (κ2) is 14.1. The van der Waals surface area contributed by atoms with E-state index in [2.05, 4.69) is 25.9 Å². The number of hydrogen-bond donors (Lipinski definition) is 4. The summed E-state index contributed by atoms with van der Waals surface area (Å²) in [7, 11) is 0. The normalized spacial score (nSPS) is 11.9. The number of anilines is 1. The number of carboxylic acid groups (broad SMARTS) is 1. The Bertz CT molecular complexity index is 1540. The zero-order valence-electron chi connectivity index (χ0n) is 23.6. The van der Waals surface area contributed by atoms with Gasteiger partial charge in [-0.2, -0.15) is 11.8 Å². The molecule has 0 aliphatic heterocycles. The average Bonchev–Trinajstić information content (AvgIpc) is 3.47. The van der Waals surface area contributed by atoms with Crippen molar-refractivity contribution in [1.82, 2.24) is 20.6 Å². The van der Waals surface area contributed by atoms with Crippen molar-refractivity contribution in [2.45, 2.75) is 31.7 Å². The highest BCUT2D eigenvalue weighted by Gasteiger charge is 2.25. The van der Waals surface area contributed by atoms with Crippen LogP contribution in [0.4, 0.5) is 9.93 Å². The maximum absolute atomic E-state index is 13.3. The number of amides is 3. The Morgan fingerprint density at radius 2 is 1.74 bits per heavy atom. The summed E-state index contributed by atoms with van der Waals surface area (Å²) >= 11 is 2.91. The van der Waals surface area contributed by atoms with Crippen molar-refractivity contribution in [1.29, 1.82) is 0 Å². The third kappa shape index (κ3) is 8.17. The van der Waals surface area contributed by atoms with Gasteiger partial charge in [0.05, 0.1) is 5.69 Å². The number of thiazole rings is 1. The minimum Gasteiger partial charge on any atom is -0.465 e. The molecule has 1 unspecified atom stereocenters. The summed E-state index contributed by atoms with van der Waals surface area (Å²) in [6.07, 6.45) is 4.79. The van der Waals surface area contributed by atoms with Gasteiger partial charge in [0.15, 0.2) is 5.13 Å². The van der Waals surface area contributed by atoms with Crippen molar-refractivity contribution in [2.24, 2.45) is 0 Å². The van der Waals surface area contributed by atoms with E-state index in [4.69, 9.17) is 5.11 Å². The molecule has 0 saturated carbocycles. The first-order valence-corrected chi connectivity index (χ1v) is 15.6. The molecule has 1 atom stereocenters. The Kier molecular flexibility index (Phi) is 10.3. The van der Waals surface area contributed by atoms with E-state index in [0.29, 0.717) is 22.9 Å². The van der Waals surface area contributed by atoms with Gasteiger partial charge in [-0.05, 0) is 65.5 Å². The van der Waals surface area contributed by atoms with Crippen LogP contribution in [0.2, 0.25) is 0 Å². The molecule has 0 aliphatic carbocycles. The SMILES string of the molecule is CSCCC(NC(=O)c1cccc(C(C)(C)CNC(=O)O)c1)C(=O)Nc1nc(-c2cccc(-c3ccncc3)c2)cs1. The van der Waals surface area contributed by atoms with E-state index in [0.717, 1.165) is 27.9 Å². The van der Waals surface area contributed by atoms with Crippen LogP contribution in [-0.4, -0.2) is 57.6 Å². The topological polar surface area (TPSA) is 133 Å². The van der Waals surface area contributed by atoms with Crippen molar-refractivity contribution in [2.75, 3.05) is 23.9 Å². The van der Waals surface area contributed by atoms with Crippen LogP contribution in [0.15, 0.2) is 78.4 Å². The second-order valence-electron chi connectivity index (χ2n) is 10.3. The first-order chi connectivity index (χ1) is 20.2. The van der Waals surface area contributed by atoms with Crippen LogP contribution in [0.25, 0.3) is 22.4 Å². The quantitative estimate of drug-likeness (QED) is 0.158. The van der Waals surface area contributed by atoms with E-state index in [-0.39, 0.29) is 18.4 Å². The summed E-state index contributed by atoms with van der Waals surface area (Å²) in [6.45, 7) is 3.98. The molecule has 0 aliphatic rings. The highest BCUT2D eigenvalue weighted by Crippen LogP contribution is 2.29. The zero-order chi connectivity index (χ0) is 30.1. The summed E-state index contributed by atoms with van der Waals surface area (Å²) in [4.78, 5) is 46.2. The van der Waals surface area contributed by atoms with Crippen LogP contribution in [0, 0.1) is 0 Å². The van der Waals surface area contributed by atoms with Gasteiger partial charge in [-0.25, -0.2) is 9.78 Å². The lowest BCUT2D eigenvalue weighted by atomic mass is 9.84. The van der Waals surface area contributed by atoms with Gasteiger partial charge in [-0.15, -0.1) is 11.3 Å². The van der Waals surface area contributed by atoms with Gasteiger partial charge < -0.3 is 21.1 Å². The molecule has 2 aromatic heterocycles. The number of nitrogens with zero attached hydrogens (tertiary/aromatic N) is 2. The molecule has 3 amide bonds. The van der Waals surface area contributed by atoms with E-state index in [1.807, 2.05) is 67.9 Å². The molecular formula is C31H33N5O4S2. The van der Waals surface area contributed by atoms with E-state index in [9.17, 15) is 14.4 Å². The number of pyridine rings is 1. The Labute approximate surface area is 253 Å². The van der Waals surface area contributed by atoms with Crippen LogP contribution in [-0.2, 0) is 10.2 Å². The van der Waals surface area contributed by atoms with Crippen molar-refractivity contribution in [3.63, 3.8) is 0 Å². The van der Waals surface area contributed by atoms with Gasteiger partial charge in [-0.1, -0.05) is 44.2 Å². The lowest BCUT2D eigenvalue weighted by Gasteiger charge is -2.25. The molecule has 0 radical (unpaired) electrons. The Hall–Kier alpha value is -4.22. The van der Waals surface area contributed by atoms with Crippen LogP contribution in [0.5, 0.6) is 0 Å². The van der Waals surface area contributed by atoms with Crippen LogP contribution in [0.1, 0.15) is 36.2 Å². The summed E-state index contributed by atoms with van der Waals surface area (Å²) in [5.41, 5.74) is 4.42. The Morgan fingerprint density at radius 3 is 2.48 bits per heavy atom. The fourth-order valence-electron chi connectivity index (χ4n) is 4.28. The third-order valence-electron chi connectivity index (χ3n) is 6.73. The lowest BCUT2D eigenvalue weighted by molar-refractivity contribution is -0.118. The number of carbonyl (C=O) groups is 3. The molecule has 0 saturated heterocycles. The molecule has 42 heavy (non-hydrogen) atoms. The molecule has 4 N–H and O–H groups in total. The molecule has 218 valence electrons. The standard InChI is InChI=1S/C31H33N5O4S2/c1-31(2,19-33-30(39)40)24-9-5-8-23(17-24)27(37)34-25(12-15-41-3)28(38)36-29-35-26(18-42-29)22-7-4-6-21(16-22)20-10-13-32-14-11-20/h4-11,13-14,16-18,25,33H,12,15,19H2,1-3H3,(H,34,37)(H,39,40)(H,35,36,38). The number of nitrogens with one attached hydrogen (secondary N) is 3. The molecule has 9 nitrogen and oxygen atoms in total. The average molecular weight is 604 g/mol. The predicted octanol–water partition coefficient (Wildman–Crippen LogP) is 5.91. The minimum absolute atomic E-state index is 0.190. The van der Waals surface area contributed by atoms with Crippen molar-refractivity contribution in [3.05, 3.63) is 89.6 Å². The van der Waals surface area contributed by atoms with Crippen LogP contribution in [0.3, 0.4) is 0 Å². The molecule has 4 rings (SSSR count). The van der Waals surface area contributed by atoms with Crippen molar-refractivity contribution >= 4 is 46.1 Å². The molecule has 11 heteroatoms. The smallest absolute Gasteiger partial charge is 0.404 e. The molecular weight excluding hydrogens is 571 g/mol. The van der Waals surface area contributed by atoms with Crippen molar-refractivity contribution in [3.8, 4) is 22.4 Å². The summed E-state index contributed by atoms with van der Waals surface area (Å²) in [5.74, 6) is -0.0455. The van der Waals surface area contributed by atoms with E-state index < -0.39 is 17.6 Å². The van der Waals surface area contributed by atoms with Crippen molar-refractivity contribution < 1.29 is 19.5 Å². The summed E-state index contributed by atoms with van der Waals surface area (Å²) < 4.78 is 0. The Morgan fingerprint density at radius 1 is 1.00 bits per heavy atom. The first kappa shape index (κ1) is 30.7. The maximum Gasteiger partial charge on any atom is 0.404 e. The molecule has 0 bridgehead atoms. The Balaban J connectivity index is 1.45. The van der Waals surface area contributed by atoms with E-state index in [1.54, 1.807) is 42.4 Å². The van der Waals surface area contributed by atoms with Crippen LogP contribution < -0.4 is 16.0 Å². The third-order valence-corrected chi connectivity index (χ3v) is 8.13. The predicted molar refractivity (Wildman–Crippen MR) is 169 cm³/mol. The zero-order valence-corrected chi connectivity index (χ0v) is 25.2. The maximum atomic E-state index is 13.3. The molecule has 2 heterocycles. The highest BCUT2D eigenvalue weighted by molar-refractivity contribution is 7.98. The number of aromatic nitrogens is 2. The van der Waals surface area contributed by atoms with Gasteiger partial charge >= 0.3 is 6.09 Å². The molecule has 0 spiro atoms. The number of rotatable bonds is 12. The number of benzene rings is 2. The number of carbonyl (C=O) groups excluding carboxylic acids is 2. The minimum atomic E-state index is -1.11. The number of thioether (sulfide) groups is 1. The lowest BCUT2D eigenvalue weighted by Crippen LogP contribution is -2.44. The molecule has 0 fully saturated rings. The van der Waals surface area contributed by atoms with Gasteiger partial charge in [0, 0.05) is 40.9 Å². The highest BCUT2D eigenvalue weighted by atomic mass is 32.2. The summed E-state index contributed by atoms with van der Waals surface area (Å²) in [6, 6.07) is 18.2. The largest absolute Gasteiger partial charge is 0.465 e. The van der Waals surface area contributed by atoms with Gasteiger partial charge in [0.2, 0.25) is 5.91 Å². The number of hydrogen-bond acceptors (Lipinski definition) is 7. The van der Waals surface area contributed by atoms with Gasteiger partial charge in [0.25, 0.3) is 5.91 Å². The second-order valence-corrected chi connectivity index (χ2v) is 12.1. The fraction of sp³-hybridized carbons (Fsp3) is 0.258. The van der Waals surface area contributed by atoms with Gasteiger partial charge in [-0.3, -0.25) is 14.6 Å². The molecule has 4 aromatic rings.